The Kier molecular flexibility index (Phi) is 5.06. The quantitative estimate of drug-likeness (QED) is 0.410. The molecule has 32 heavy (non-hydrogen) atoms. The second-order valence-corrected chi connectivity index (χ2v) is 8.62. The third-order valence-electron chi connectivity index (χ3n) is 6.32. The van der Waals surface area contributed by atoms with Gasteiger partial charge < -0.3 is 9.84 Å². The van der Waals surface area contributed by atoms with Crippen LogP contribution in [0, 0.1) is 23.7 Å². The first kappa shape index (κ1) is 20.5. The average Bonchev–Trinajstić information content (AvgIpc) is 3.46. The Bertz CT molecular complexity index is 1140. The number of ether oxygens (including phenoxy) is 1. The molecule has 162 valence electrons. The lowest BCUT2D eigenvalue weighted by Gasteiger charge is -2.13. The summed E-state index contributed by atoms with van der Waals surface area (Å²) in [5, 5.41) is 14.5. The Hall–Kier alpha value is -3.45. The lowest BCUT2D eigenvalue weighted by atomic mass is 9.85. The van der Waals surface area contributed by atoms with E-state index in [1.807, 2.05) is 12.2 Å². The molecular formula is C24H19ClN2O5. The van der Waals surface area contributed by atoms with Gasteiger partial charge in [-0.05, 0) is 59.7 Å². The number of carbonyl (C=O) groups is 3. The van der Waals surface area contributed by atoms with Crippen LogP contribution in [0.2, 0.25) is 5.02 Å². The van der Waals surface area contributed by atoms with Gasteiger partial charge >= 0.3 is 5.97 Å². The maximum absolute atomic E-state index is 12.7. The number of carboxylic acid groups (broad SMARTS) is 1. The van der Waals surface area contributed by atoms with E-state index in [0.717, 1.165) is 17.0 Å². The number of carboxylic acids is 1. The predicted octanol–water partition coefficient (Wildman–Crippen LogP) is 3.76. The van der Waals surface area contributed by atoms with Crippen LogP contribution in [-0.2, 0) is 16.2 Å². The molecule has 1 aliphatic heterocycles. The molecule has 4 unspecified atom stereocenters. The second-order valence-electron chi connectivity index (χ2n) is 8.21. The fourth-order valence-corrected chi connectivity index (χ4v) is 4.99. The van der Waals surface area contributed by atoms with Gasteiger partial charge in [0.15, 0.2) is 0 Å². The van der Waals surface area contributed by atoms with Gasteiger partial charge in [-0.2, -0.15) is 10.1 Å². The molecular weight excluding hydrogens is 432 g/mol. The molecule has 0 radical (unpaired) electrons. The van der Waals surface area contributed by atoms with Gasteiger partial charge in [0.1, 0.15) is 12.4 Å². The largest absolute Gasteiger partial charge is 0.487 e. The van der Waals surface area contributed by atoms with Crippen LogP contribution < -0.4 is 4.74 Å². The van der Waals surface area contributed by atoms with Gasteiger partial charge in [-0.25, -0.2) is 4.79 Å². The molecule has 2 bridgehead atoms. The van der Waals surface area contributed by atoms with Gasteiger partial charge in [-0.1, -0.05) is 35.9 Å². The van der Waals surface area contributed by atoms with Gasteiger partial charge in [0.25, 0.3) is 11.8 Å². The molecule has 5 rings (SSSR count). The van der Waals surface area contributed by atoms with E-state index in [2.05, 4.69) is 5.10 Å². The van der Waals surface area contributed by atoms with Crippen LogP contribution in [-0.4, -0.2) is 34.1 Å². The summed E-state index contributed by atoms with van der Waals surface area (Å²) in [6.45, 7) is 0.225. The van der Waals surface area contributed by atoms with Gasteiger partial charge in [0.05, 0.1) is 28.6 Å². The summed E-state index contributed by atoms with van der Waals surface area (Å²) in [5.74, 6) is -1.25. The number of nitrogens with zero attached hydrogens (tertiary/aromatic N) is 2. The van der Waals surface area contributed by atoms with Crippen LogP contribution in [0.15, 0.2) is 59.7 Å². The fourth-order valence-electron chi connectivity index (χ4n) is 4.74. The number of rotatable bonds is 6. The van der Waals surface area contributed by atoms with Crippen molar-refractivity contribution in [3.05, 3.63) is 76.3 Å². The number of halogens is 1. The Morgan fingerprint density at radius 1 is 1.09 bits per heavy atom. The molecule has 2 amide bonds. The maximum atomic E-state index is 12.7. The molecule has 8 heteroatoms. The average molecular weight is 451 g/mol. The van der Waals surface area contributed by atoms with Crippen LogP contribution in [0.1, 0.15) is 27.9 Å². The maximum Gasteiger partial charge on any atom is 0.335 e. The fraction of sp³-hybridized carbons (Fsp3) is 0.250. The third-order valence-corrected chi connectivity index (χ3v) is 6.62. The minimum Gasteiger partial charge on any atom is -0.487 e. The predicted molar refractivity (Wildman–Crippen MR) is 116 cm³/mol. The van der Waals surface area contributed by atoms with E-state index < -0.39 is 5.97 Å². The van der Waals surface area contributed by atoms with E-state index in [4.69, 9.17) is 21.4 Å². The Balaban J connectivity index is 1.24. The molecule has 2 aromatic carbocycles. The second kappa shape index (κ2) is 7.91. The molecule has 1 saturated carbocycles. The van der Waals surface area contributed by atoms with Gasteiger partial charge in [-0.3, -0.25) is 9.59 Å². The number of hydrogen-bond acceptors (Lipinski definition) is 5. The van der Waals surface area contributed by atoms with Crippen LogP contribution in [0.5, 0.6) is 5.75 Å². The number of benzene rings is 2. The van der Waals surface area contributed by atoms with Crippen molar-refractivity contribution in [1.82, 2.24) is 5.01 Å². The number of aromatic carboxylic acids is 1. The number of carbonyl (C=O) groups excluding carboxylic acids is 2. The zero-order valence-corrected chi connectivity index (χ0v) is 17.6. The summed E-state index contributed by atoms with van der Waals surface area (Å²) >= 11 is 6.32. The molecule has 7 nitrogen and oxygen atoms in total. The van der Waals surface area contributed by atoms with E-state index in [-0.39, 0.29) is 47.7 Å². The summed E-state index contributed by atoms with van der Waals surface area (Å²) in [4.78, 5) is 36.3. The molecule has 3 aliphatic rings. The molecule has 1 saturated heterocycles. The molecule has 0 spiro atoms. The summed E-state index contributed by atoms with van der Waals surface area (Å²) in [6, 6.07) is 11.4. The summed E-state index contributed by atoms with van der Waals surface area (Å²) < 4.78 is 5.72. The molecule has 2 aromatic rings. The molecule has 1 N–H and O–H groups in total. The number of imide groups is 1. The number of hydrazone groups is 1. The van der Waals surface area contributed by atoms with Crippen molar-refractivity contribution < 1.29 is 24.2 Å². The molecule has 2 aliphatic carbocycles. The minimum atomic E-state index is -0.984. The summed E-state index contributed by atoms with van der Waals surface area (Å²) in [5.41, 5.74) is 1.64. The Morgan fingerprint density at radius 2 is 1.75 bits per heavy atom. The standard InChI is InChI=1S/C24H19ClN2O5/c25-18-9-14(3-8-19(18)32-12-13-1-4-15(5-2-13)24(30)31)11-26-27-22(28)20-16-6-7-17(10-16)21(20)23(27)29/h1-9,11,16-17,20-21H,10,12H2,(H,30,31). The monoisotopic (exact) mass is 450 g/mol. The van der Waals surface area contributed by atoms with Crippen molar-refractivity contribution in [1.29, 1.82) is 0 Å². The van der Waals surface area contributed by atoms with Gasteiger partial charge in [0, 0.05) is 0 Å². The van der Waals surface area contributed by atoms with E-state index >= 15 is 0 Å². The van der Waals surface area contributed by atoms with E-state index in [1.165, 1.54) is 18.3 Å². The molecule has 1 heterocycles. The first-order valence-electron chi connectivity index (χ1n) is 10.3. The first-order valence-corrected chi connectivity index (χ1v) is 10.6. The third kappa shape index (κ3) is 3.48. The highest BCUT2D eigenvalue weighted by Crippen LogP contribution is 2.52. The minimum absolute atomic E-state index is 0.146. The highest BCUT2D eigenvalue weighted by Gasteiger charge is 2.59. The summed E-state index contributed by atoms with van der Waals surface area (Å²) in [6.07, 6.45) is 6.42. The lowest BCUT2D eigenvalue weighted by molar-refractivity contribution is -0.140. The van der Waals surface area contributed by atoms with Crippen LogP contribution >= 0.6 is 11.6 Å². The molecule has 2 fully saturated rings. The van der Waals surface area contributed by atoms with Crippen molar-refractivity contribution in [2.24, 2.45) is 28.8 Å². The van der Waals surface area contributed by atoms with Crippen LogP contribution in [0.3, 0.4) is 0 Å². The topological polar surface area (TPSA) is 96.3 Å². The SMILES string of the molecule is O=C(O)c1ccc(COc2ccc(C=NN3C(=O)C4C5C=CC(C5)C4C3=O)cc2Cl)cc1. The van der Waals surface area contributed by atoms with E-state index in [1.54, 1.807) is 30.3 Å². The Morgan fingerprint density at radius 3 is 2.34 bits per heavy atom. The molecule has 0 aromatic heterocycles. The van der Waals surface area contributed by atoms with Crippen LogP contribution in [0.25, 0.3) is 0 Å². The number of hydrogen-bond donors (Lipinski definition) is 1. The number of allylic oxidation sites excluding steroid dienone is 2. The zero-order chi connectivity index (χ0) is 22.4. The first-order chi connectivity index (χ1) is 15.4. The smallest absolute Gasteiger partial charge is 0.335 e. The van der Waals surface area contributed by atoms with E-state index in [9.17, 15) is 14.4 Å². The van der Waals surface area contributed by atoms with Gasteiger partial charge in [0.2, 0.25) is 0 Å². The highest BCUT2D eigenvalue weighted by molar-refractivity contribution is 6.32. The lowest BCUT2D eigenvalue weighted by Crippen LogP contribution is -2.28. The summed E-state index contributed by atoms with van der Waals surface area (Å²) in [7, 11) is 0. The van der Waals surface area contributed by atoms with Crippen LogP contribution in [0.4, 0.5) is 0 Å². The van der Waals surface area contributed by atoms with Crippen molar-refractivity contribution in [2.75, 3.05) is 0 Å². The van der Waals surface area contributed by atoms with Crippen molar-refractivity contribution in [2.45, 2.75) is 13.0 Å². The molecule has 4 atom stereocenters. The highest BCUT2D eigenvalue weighted by atomic mass is 35.5. The van der Waals surface area contributed by atoms with Crippen molar-refractivity contribution in [3.8, 4) is 5.75 Å². The number of fused-ring (bicyclic) bond motifs is 5. The number of amides is 2. The Labute approximate surface area is 188 Å². The van der Waals surface area contributed by atoms with Gasteiger partial charge in [-0.15, -0.1) is 0 Å². The zero-order valence-electron chi connectivity index (χ0n) is 16.8. The van der Waals surface area contributed by atoms with E-state index in [0.29, 0.717) is 16.3 Å². The normalized spacial score (nSPS) is 25.7. The van der Waals surface area contributed by atoms with Crippen molar-refractivity contribution in [3.63, 3.8) is 0 Å². The van der Waals surface area contributed by atoms with Crippen molar-refractivity contribution >= 4 is 35.6 Å².